The number of carboxylic acids is 1. The summed E-state index contributed by atoms with van der Waals surface area (Å²) in [6.07, 6.45) is 4.12. The summed E-state index contributed by atoms with van der Waals surface area (Å²) in [4.78, 5) is 26.6. The molecule has 0 fully saturated rings. The highest BCUT2D eigenvalue weighted by atomic mass is 32.2. The van der Waals surface area contributed by atoms with E-state index in [1.165, 1.54) is 18.3 Å². The predicted molar refractivity (Wildman–Crippen MR) is 71.1 cm³/mol. The third-order valence-electron chi connectivity index (χ3n) is 2.44. The van der Waals surface area contributed by atoms with E-state index in [0.29, 0.717) is 0 Å². The largest absolute Gasteiger partial charge is 0.478 e. The van der Waals surface area contributed by atoms with Crippen LogP contribution in [0.3, 0.4) is 0 Å². The minimum Gasteiger partial charge on any atom is -0.478 e. The number of carbonyl (C=O) groups excluding carboxylic acids is 1. The second-order valence-electron chi connectivity index (χ2n) is 3.77. The number of amides is 1. The van der Waals surface area contributed by atoms with E-state index in [-0.39, 0.29) is 23.2 Å². The SMILES string of the molecule is CCC(CSC)NC(=O)c1cc(C(=O)O)ccn1. The van der Waals surface area contributed by atoms with Crippen molar-refractivity contribution in [3.8, 4) is 0 Å². The van der Waals surface area contributed by atoms with Crippen molar-refractivity contribution in [2.45, 2.75) is 19.4 Å². The van der Waals surface area contributed by atoms with Crippen molar-refractivity contribution in [1.82, 2.24) is 10.3 Å². The van der Waals surface area contributed by atoms with Gasteiger partial charge < -0.3 is 10.4 Å². The highest BCUT2D eigenvalue weighted by Crippen LogP contribution is 2.05. The third kappa shape index (κ3) is 4.03. The number of pyridine rings is 1. The lowest BCUT2D eigenvalue weighted by molar-refractivity contribution is 0.0696. The number of carboxylic acid groups (broad SMARTS) is 1. The van der Waals surface area contributed by atoms with Crippen molar-refractivity contribution in [3.63, 3.8) is 0 Å². The van der Waals surface area contributed by atoms with Crippen LogP contribution in [-0.2, 0) is 0 Å². The molecule has 6 heteroatoms. The standard InChI is InChI=1S/C12H16N2O3S/c1-3-9(7-18-2)14-11(15)10-6-8(12(16)17)4-5-13-10/h4-6,9H,3,7H2,1-2H3,(H,14,15)(H,16,17). The molecule has 1 rings (SSSR count). The second kappa shape index (κ2) is 7.00. The molecule has 5 nitrogen and oxygen atoms in total. The zero-order valence-electron chi connectivity index (χ0n) is 10.3. The summed E-state index contributed by atoms with van der Waals surface area (Å²) in [7, 11) is 0. The minimum absolute atomic E-state index is 0.0630. The van der Waals surface area contributed by atoms with Gasteiger partial charge in [0.15, 0.2) is 0 Å². The van der Waals surface area contributed by atoms with Gasteiger partial charge in [0.05, 0.1) is 5.56 Å². The summed E-state index contributed by atoms with van der Waals surface area (Å²) >= 11 is 1.65. The fraction of sp³-hybridized carbons (Fsp3) is 0.417. The number of rotatable bonds is 6. The maximum Gasteiger partial charge on any atom is 0.335 e. The molecule has 1 amide bonds. The Labute approximate surface area is 110 Å². The monoisotopic (exact) mass is 268 g/mol. The van der Waals surface area contributed by atoms with Gasteiger partial charge in [-0.05, 0) is 24.8 Å². The van der Waals surface area contributed by atoms with E-state index < -0.39 is 5.97 Å². The first-order chi connectivity index (χ1) is 8.58. The van der Waals surface area contributed by atoms with E-state index in [4.69, 9.17) is 5.11 Å². The third-order valence-corrected chi connectivity index (χ3v) is 3.17. The van der Waals surface area contributed by atoms with Crippen LogP contribution in [0.2, 0.25) is 0 Å². The average molecular weight is 268 g/mol. The molecule has 0 saturated carbocycles. The highest BCUT2D eigenvalue weighted by Gasteiger charge is 2.14. The van der Waals surface area contributed by atoms with E-state index in [1.807, 2.05) is 13.2 Å². The van der Waals surface area contributed by atoms with Crippen molar-refractivity contribution in [2.75, 3.05) is 12.0 Å². The summed E-state index contributed by atoms with van der Waals surface area (Å²) in [6, 6.07) is 2.71. The summed E-state index contributed by atoms with van der Waals surface area (Å²) in [5.41, 5.74) is 0.197. The second-order valence-corrected chi connectivity index (χ2v) is 4.68. The number of hydrogen-bond donors (Lipinski definition) is 2. The molecule has 1 heterocycles. The molecule has 18 heavy (non-hydrogen) atoms. The van der Waals surface area contributed by atoms with E-state index in [9.17, 15) is 9.59 Å². The molecule has 1 aromatic heterocycles. The van der Waals surface area contributed by atoms with Gasteiger partial charge in [-0.15, -0.1) is 0 Å². The van der Waals surface area contributed by atoms with Gasteiger partial charge in [0, 0.05) is 18.0 Å². The fourth-order valence-corrected chi connectivity index (χ4v) is 2.13. The molecule has 0 aliphatic carbocycles. The zero-order valence-corrected chi connectivity index (χ0v) is 11.2. The van der Waals surface area contributed by atoms with E-state index in [2.05, 4.69) is 10.3 Å². The Bertz CT molecular complexity index is 437. The zero-order chi connectivity index (χ0) is 13.5. The van der Waals surface area contributed by atoms with Gasteiger partial charge in [-0.25, -0.2) is 4.79 Å². The lowest BCUT2D eigenvalue weighted by Gasteiger charge is -2.15. The Kier molecular flexibility index (Phi) is 5.64. The topological polar surface area (TPSA) is 79.3 Å². The molecule has 1 atom stereocenters. The maximum atomic E-state index is 11.9. The van der Waals surface area contributed by atoms with E-state index in [0.717, 1.165) is 12.2 Å². The number of hydrogen-bond acceptors (Lipinski definition) is 4. The number of aromatic nitrogens is 1. The van der Waals surface area contributed by atoms with Gasteiger partial charge in [-0.3, -0.25) is 9.78 Å². The molecular weight excluding hydrogens is 252 g/mol. The van der Waals surface area contributed by atoms with Gasteiger partial charge in [0.25, 0.3) is 5.91 Å². The highest BCUT2D eigenvalue weighted by molar-refractivity contribution is 7.98. The Morgan fingerprint density at radius 1 is 1.56 bits per heavy atom. The van der Waals surface area contributed by atoms with Gasteiger partial charge in [0.2, 0.25) is 0 Å². The summed E-state index contributed by atoms with van der Waals surface area (Å²) in [5, 5.41) is 11.7. The molecule has 0 bridgehead atoms. The van der Waals surface area contributed by atoms with Crippen molar-refractivity contribution in [1.29, 1.82) is 0 Å². The van der Waals surface area contributed by atoms with Crippen LogP contribution in [-0.4, -0.2) is 40.0 Å². The number of nitrogens with zero attached hydrogens (tertiary/aromatic N) is 1. The van der Waals surface area contributed by atoms with Crippen LogP contribution >= 0.6 is 11.8 Å². The molecule has 0 aliphatic heterocycles. The molecular formula is C12H16N2O3S. The van der Waals surface area contributed by atoms with Crippen molar-refractivity contribution in [2.24, 2.45) is 0 Å². The Morgan fingerprint density at radius 2 is 2.28 bits per heavy atom. The fourth-order valence-electron chi connectivity index (χ4n) is 1.41. The first-order valence-electron chi connectivity index (χ1n) is 5.57. The van der Waals surface area contributed by atoms with Gasteiger partial charge >= 0.3 is 5.97 Å². The number of thioether (sulfide) groups is 1. The van der Waals surface area contributed by atoms with E-state index >= 15 is 0 Å². The summed E-state index contributed by atoms with van der Waals surface area (Å²) in [6.45, 7) is 1.99. The molecule has 98 valence electrons. The average Bonchev–Trinajstić information content (AvgIpc) is 2.38. The smallest absolute Gasteiger partial charge is 0.335 e. The van der Waals surface area contributed by atoms with Crippen LogP contribution in [0.1, 0.15) is 34.2 Å². The van der Waals surface area contributed by atoms with Crippen LogP contribution in [0.15, 0.2) is 18.3 Å². The normalized spacial score (nSPS) is 11.9. The van der Waals surface area contributed by atoms with Crippen LogP contribution in [0.5, 0.6) is 0 Å². The van der Waals surface area contributed by atoms with Crippen LogP contribution < -0.4 is 5.32 Å². The van der Waals surface area contributed by atoms with Crippen molar-refractivity contribution in [3.05, 3.63) is 29.6 Å². The van der Waals surface area contributed by atoms with E-state index in [1.54, 1.807) is 11.8 Å². The van der Waals surface area contributed by atoms with Crippen LogP contribution in [0.4, 0.5) is 0 Å². The van der Waals surface area contributed by atoms with Gasteiger partial charge in [0.1, 0.15) is 5.69 Å². The molecule has 1 unspecified atom stereocenters. The number of aromatic carboxylic acids is 1. The lowest BCUT2D eigenvalue weighted by Crippen LogP contribution is -2.36. The van der Waals surface area contributed by atoms with Gasteiger partial charge in [-0.1, -0.05) is 6.92 Å². The molecule has 0 spiro atoms. The lowest BCUT2D eigenvalue weighted by atomic mass is 10.2. The number of carbonyl (C=O) groups is 2. The molecule has 1 aromatic rings. The molecule has 0 aliphatic rings. The predicted octanol–water partition coefficient (Wildman–Crippen LogP) is 1.65. The molecule has 0 radical (unpaired) electrons. The van der Waals surface area contributed by atoms with Crippen molar-refractivity contribution < 1.29 is 14.7 Å². The van der Waals surface area contributed by atoms with Crippen LogP contribution in [0.25, 0.3) is 0 Å². The maximum absolute atomic E-state index is 11.9. The first kappa shape index (κ1) is 14.5. The van der Waals surface area contributed by atoms with Crippen LogP contribution in [0, 0.1) is 0 Å². The summed E-state index contributed by atoms with van der Waals surface area (Å²) < 4.78 is 0. The Morgan fingerprint density at radius 3 is 2.83 bits per heavy atom. The summed E-state index contributed by atoms with van der Waals surface area (Å²) in [5.74, 6) is -0.581. The van der Waals surface area contributed by atoms with Gasteiger partial charge in [-0.2, -0.15) is 11.8 Å². The quantitative estimate of drug-likeness (QED) is 0.820. The molecule has 2 N–H and O–H groups in total. The Balaban J connectivity index is 2.77. The Hall–Kier alpha value is -1.56. The van der Waals surface area contributed by atoms with Crippen molar-refractivity contribution >= 4 is 23.6 Å². The minimum atomic E-state index is -1.07. The molecule has 0 aromatic carbocycles. The first-order valence-corrected chi connectivity index (χ1v) is 6.97. The number of nitrogens with one attached hydrogen (secondary N) is 1. The molecule has 0 saturated heterocycles.